The number of ether oxygens (including phenoxy) is 3. The zero-order valence-electron chi connectivity index (χ0n) is 67.0. The van der Waals surface area contributed by atoms with Crippen LogP contribution in [0.4, 0.5) is 0 Å². The van der Waals surface area contributed by atoms with Gasteiger partial charge in [0.25, 0.3) is 0 Å². The molecule has 107 heavy (non-hydrogen) atoms. The summed E-state index contributed by atoms with van der Waals surface area (Å²) in [7, 11) is -9.81. The van der Waals surface area contributed by atoms with Gasteiger partial charge in [-0.1, -0.05) is 326 Å². The summed E-state index contributed by atoms with van der Waals surface area (Å²) in [6, 6.07) is 0. The minimum atomic E-state index is -4.94. The number of aliphatic hydroxyl groups excluding tert-OH is 2. The van der Waals surface area contributed by atoms with Gasteiger partial charge in [-0.2, -0.15) is 0 Å². The van der Waals surface area contributed by atoms with Crippen LogP contribution in [0, 0.1) is 0 Å². The fraction of sp³-hybridized carbons (Fsp3) is 0.674. The molecule has 4 N–H and O–H groups in total. The number of esters is 3. The molecule has 18 heteroatoms. The Balaban J connectivity index is 4.51. The lowest BCUT2D eigenvalue weighted by atomic mass is 10.0. The van der Waals surface area contributed by atoms with Crippen molar-refractivity contribution in [2.75, 3.05) is 39.6 Å². The van der Waals surface area contributed by atoms with Gasteiger partial charge in [0.1, 0.15) is 25.4 Å². The second-order valence-electron chi connectivity index (χ2n) is 27.5. The predicted molar refractivity (Wildman–Crippen MR) is 445 cm³/mol. The van der Waals surface area contributed by atoms with Gasteiger partial charge in [-0.3, -0.25) is 32.5 Å². The van der Waals surface area contributed by atoms with Crippen molar-refractivity contribution in [3.05, 3.63) is 158 Å². The Kier molecular flexibility index (Phi) is 77.0. The summed E-state index contributed by atoms with van der Waals surface area (Å²) in [6.45, 7) is 2.33. The number of carbonyl (C=O) groups is 3. The van der Waals surface area contributed by atoms with Crippen LogP contribution in [-0.4, -0.2) is 95.9 Å². The summed E-state index contributed by atoms with van der Waals surface area (Å²) in [5, 5.41) is 20.7. The van der Waals surface area contributed by atoms with Crippen LogP contribution in [0.15, 0.2) is 158 Å². The Bertz CT molecular complexity index is 2580. The molecule has 0 aliphatic rings. The number of aliphatic hydroxyl groups is 2. The van der Waals surface area contributed by atoms with Crippen LogP contribution >= 0.6 is 15.6 Å². The maximum atomic E-state index is 13.0. The lowest BCUT2D eigenvalue weighted by molar-refractivity contribution is -0.161. The number of rotatable bonds is 78. The van der Waals surface area contributed by atoms with Crippen LogP contribution in [0.1, 0.15) is 329 Å². The fourth-order valence-corrected chi connectivity index (χ4v) is 12.6. The van der Waals surface area contributed by atoms with Crippen LogP contribution in [-0.2, 0) is 55.8 Å². The Morgan fingerprint density at radius 2 is 0.467 bits per heavy atom. The van der Waals surface area contributed by atoms with Crippen molar-refractivity contribution in [1.29, 1.82) is 0 Å². The van der Waals surface area contributed by atoms with Crippen molar-refractivity contribution in [3.8, 4) is 0 Å². The number of carbonyl (C=O) groups excluding carboxylic acids is 3. The normalized spacial score (nSPS) is 14.7. The maximum absolute atomic E-state index is 13.0. The van der Waals surface area contributed by atoms with E-state index in [0.717, 1.165) is 180 Å². The highest BCUT2D eigenvalue weighted by atomic mass is 31.2. The average molecular weight is 1540 g/mol. The molecule has 0 aromatic heterocycles. The van der Waals surface area contributed by atoms with Gasteiger partial charge in [-0.15, -0.1) is 0 Å². The van der Waals surface area contributed by atoms with Gasteiger partial charge in [0.2, 0.25) is 0 Å². The van der Waals surface area contributed by atoms with E-state index < -0.39 is 91.5 Å². The monoisotopic (exact) mass is 1540 g/mol. The molecule has 0 aromatic rings. The molecular weight excluding hydrogens is 1390 g/mol. The van der Waals surface area contributed by atoms with Gasteiger partial charge in [0.05, 0.1) is 26.4 Å². The van der Waals surface area contributed by atoms with Crippen molar-refractivity contribution in [3.63, 3.8) is 0 Å². The Labute approximate surface area is 650 Å². The van der Waals surface area contributed by atoms with Gasteiger partial charge < -0.3 is 34.2 Å². The van der Waals surface area contributed by atoms with Crippen LogP contribution in [0.25, 0.3) is 0 Å². The summed E-state index contributed by atoms with van der Waals surface area (Å²) in [5.74, 6) is -1.61. The van der Waals surface area contributed by atoms with E-state index >= 15 is 0 Å². The second kappa shape index (κ2) is 80.7. The minimum Gasteiger partial charge on any atom is -0.463 e. The van der Waals surface area contributed by atoms with E-state index in [-0.39, 0.29) is 19.3 Å². The molecule has 0 saturated heterocycles. The molecule has 0 saturated carbocycles. The molecule has 0 radical (unpaired) electrons. The highest BCUT2D eigenvalue weighted by molar-refractivity contribution is 7.47. The van der Waals surface area contributed by atoms with Crippen molar-refractivity contribution >= 4 is 33.6 Å². The summed E-state index contributed by atoms with van der Waals surface area (Å²) >= 11 is 0. The van der Waals surface area contributed by atoms with E-state index in [2.05, 4.69) is 179 Å². The third-order valence-corrected chi connectivity index (χ3v) is 19.1. The molecule has 5 unspecified atom stereocenters. The molecule has 612 valence electrons. The van der Waals surface area contributed by atoms with Crippen LogP contribution in [0.2, 0.25) is 0 Å². The first kappa shape index (κ1) is 102. The van der Waals surface area contributed by atoms with Gasteiger partial charge in [-0.05, 0) is 141 Å². The third-order valence-electron chi connectivity index (χ3n) is 17.2. The van der Waals surface area contributed by atoms with Crippen molar-refractivity contribution in [1.82, 2.24) is 0 Å². The van der Waals surface area contributed by atoms with E-state index in [0.29, 0.717) is 19.3 Å². The summed E-state index contributed by atoms with van der Waals surface area (Å²) in [5.41, 5.74) is 0. The standard InChI is InChI=1S/C89H150O16P2/c1-4-7-10-13-16-19-22-25-28-31-34-35-36-37-38-39-40-41-42-43-44-45-46-47-50-52-54-57-60-63-66-69-72-75-87(92)99-78-84(90)79-101-106(95,96)102-80-85(91)81-103-107(97,98)104-83-86(105-89(94)77-74-71-68-65-62-59-56-53-49-33-30-27-24-21-18-15-12-9-6-3)82-100-88(93)76-73-70-67-64-61-58-55-51-48-32-29-26-23-20-17-14-11-8-5-2/h7-12,16-21,25-30,34-35,37-38,48-49,51,53,84-86,90-91H,4-6,13-15,22-24,31-33,36,39-47,50,52,54-83H2,1-3H3,(H,95,96)(H,97,98)/b10-7-,11-8-,12-9-,19-16-,20-17-,21-18-,28-25-,29-26-,30-27-,35-34-,38-37-,51-48-,53-49-. The molecule has 0 bridgehead atoms. The molecule has 0 spiro atoms. The smallest absolute Gasteiger partial charge is 0.463 e. The van der Waals surface area contributed by atoms with Crippen molar-refractivity contribution in [2.24, 2.45) is 0 Å². The summed E-state index contributed by atoms with van der Waals surface area (Å²) < 4.78 is 61.2. The second-order valence-corrected chi connectivity index (χ2v) is 30.4. The molecule has 0 amide bonds. The minimum absolute atomic E-state index is 0.0808. The van der Waals surface area contributed by atoms with E-state index in [4.69, 9.17) is 32.3 Å². The molecule has 5 atom stereocenters. The molecule has 0 fully saturated rings. The first-order valence-corrected chi connectivity index (χ1v) is 44.8. The van der Waals surface area contributed by atoms with Crippen LogP contribution < -0.4 is 0 Å². The van der Waals surface area contributed by atoms with E-state index in [1.165, 1.54) is 89.9 Å². The van der Waals surface area contributed by atoms with Crippen molar-refractivity contribution in [2.45, 2.75) is 347 Å². The van der Waals surface area contributed by atoms with E-state index in [1.54, 1.807) is 0 Å². The number of allylic oxidation sites excluding steroid dienone is 26. The fourth-order valence-electron chi connectivity index (χ4n) is 11.0. The lowest BCUT2D eigenvalue weighted by Gasteiger charge is -2.21. The summed E-state index contributed by atoms with van der Waals surface area (Å²) in [6.07, 6.45) is 102. The Morgan fingerprint density at radius 1 is 0.262 bits per heavy atom. The molecule has 0 rings (SSSR count). The average Bonchev–Trinajstić information content (AvgIpc) is 0.907. The predicted octanol–water partition coefficient (Wildman–Crippen LogP) is 25.0. The van der Waals surface area contributed by atoms with E-state index in [9.17, 15) is 43.5 Å². The SMILES string of the molecule is CC/C=C\C/C=C\C/C=C\C/C=C\C/C=C\CCCCCCCCCCCCCCCCCCCC(=O)OCC(O)COP(=O)(O)OCC(O)COP(=O)(O)OCC(COC(=O)CCCCCCCC/C=C\C/C=C\C/C=C\C/C=C\CC)OC(=O)CCCCCCCC/C=C\C/C=C\C/C=C\C/C=C\CC. The first-order valence-electron chi connectivity index (χ1n) is 41.8. The van der Waals surface area contributed by atoms with Crippen molar-refractivity contribution < 1.29 is 75.8 Å². The topological polar surface area (TPSA) is 231 Å². The summed E-state index contributed by atoms with van der Waals surface area (Å²) in [4.78, 5) is 58.8. The number of hydrogen-bond acceptors (Lipinski definition) is 14. The number of phosphoric acid groups is 2. The highest BCUT2D eigenvalue weighted by Crippen LogP contribution is 2.45. The van der Waals surface area contributed by atoms with Gasteiger partial charge in [0.15, 0.2) is 6.10 Å². The number of hydrogen-bond donors (Lipinski definition) is 4. The molecular formula is C89H150O16P2. The van der Waals surface area contributed by atoms with Gasteiger partial charge >= 0.3 is 33.6 Å². The largest absolute Gasteiger partial charge is 0.472 e. The molecule has 16 nitrogen and oxygen atoms in total. The third kappa shape index (κ3) is 82.0. The van der Waals surface area contributed by atoms with Crippen LogP contribution in [0.3, 0.4) is 0 Å². The first-order chi connectivity index (χ1) is 52.2. The molecule has 0 aliphatic carbocycles. The molecule has 0 aliphatic heterocycles. The zero-order chi connectivity index (χ0) is 78.0. The Hall–Kier alpha value is -4.83. The van der Waals surface area contributed by atoms with Gasteiger partial charge in [-0.25, -0.2) is 9.13 Å². The number of phosphoric ester groups is 2. The highest BCUT2D eigenvalue weighted by Gasteiger charge is 2.29. The van der Waals surface area contributed by atoms with Gasteiger partial charge in [0, 0.05) is 19.3 Å². The lowest BCUT2D eigenvalue weighted by Crippen LogP contribution is -2.30. The van der Waals surface area contributed by atoms with E-state index in [1.807, 2.05) is 0 Å². The maximum Gasteiger partial charge on any atom is 0.472 e. The number of unbranched alkanes of at least 4 members (excludes halogenated alkanes) is 29. The molecule has 0 aromatic carbocycles. The zero-order valence-corrected chi connectivity index (χ0v) is 68.8. The Morgan fingerprint density at radius 3 is 0.738 bits per heavy atom. The quantitative estimate of drug-likeness (QED) is 0.0146. The molecule has 0 heterocycles. The van der Waals surface area contributed by atoms with Crippen LogP contribution in [0.5, 0.6) is 0 Å².